The number of nitrogens with one attached hydrogen (secondary N) is 2. The highest BCUT2D eigenvalue weighted by Gasteiger charge is 2.25. The quantitative estimate of drug-likeness (QED) is 0.837. The van der Waals surface area contributed by atoms with Gasteiger partial charge in [0.15, 0.2) is 0 Å². The van der Waals surface area contributed by atoms with Gasteiger partial charge in [-0.1, -0.05) is 49.0 Å². The molecule has 1 heterocycles. The summed E-state index contributed by atoms with van der Waals surface area (Å²) < 4.78 is 0. The first-order valence-corrected chi connectivity index (χ1v) is 8.21. The van der Waals surface area contributed by atoms with Crippen molar-refractivity contribution in [2.24, 2.45) is 0 Å². The molecule has 0 saturated carbocycles. The number of benzene rings is 1. The largest absolute Gasteiger partial charge is 0.306 e. The molecule has 0 radical (unpaired) electrons. The molecule has 1 aromatic carbocycles. The molecule has 1 aliphatic rings. The SMILES string of the molecule is CCSC(=O)N(Cc1ccccc1)NC(=O)[C@@H]1CCCN1. The number of hydrogen-bond acceptors (Lipinski definition) is 4. The standard InChI is InChI=1S/C15H21N3O2S/c1-2-21-15(20)18(11-12-7-4-3-5-8-12)17-14(19)13-9-6-10-16-13/h3-5,7-8,13,16H,2,6,9-11H2,1H3,(H,17,19)/t13-/m0/s1. The molecule has 0 unspecified atom stereocenters. The summed E-state index contributed by atoms with van der Waals surface area (Å²) >= 11 is 1.20. The zero-order chi connectivity index (χ0) is 15.1. The molecule has 6 heteroatoms. The lowest BCUT2D eigenvalue weighted by Crippen LogP contribution is -2.50. The van der Waals surface area contributed by atoms with Gasteiger partial charge in [0, 0.05) is 0 Å². The fraction of sp³-hybridized carbons (Fsp3) is 0.467. The van der Waals surface area contributed by atoms with E-state index in [0.717, 1.165) is 24.9 Å². The molecule has 1 aromatic rings. The van der Waals surface area contributed by atoms with E-state index < -0.39 is 0 Å². The molecule has 1 aliphatic heterocycles. The Kier molecular flexibility index (Phi) is 6.07. The van der Waals surface area contributed by atoms with Crippen LogP contribution in [0.2, 0.25) is 0 Å². The van der Waals surface area contributed by atoms with Crippen LogP contribution in [0.5, 0.6) is 0 Å². The number of nitrogens with zero attached hydrogens (tertiary/aromatic N) is 1. The first-order valence-electron chi connectivity index (χ1n) is 7.22. The van der Waals surface area contributed by atoms with Gasteiger partial charge < -0.3 is 5.32 Å². The number of thioether (sulfide) groups is 1. The number of carbonyl (C=O) groups is 2. The van der Waals surface area contributed by atoms with Crippen LogP contribution in [0.25, 0.3) is 0 Å². The van der Waals surface area contributed by atoms with Crippen LogP contribution in [0.1, 0.15) is 25.3 Å². The third-order valence-corrected chi connectivity index (χ3v) is 4.05. The second-order valence-electron chi connectivity index (χ2n) is 4.90. The number of hydrazine groups is 1. The van der Waals surface area contributed by atoms with Crippen molar-refractivity contribution in [3.8, 4) is 0 Å². The maximum atomic E-state index is 12.2. The summed E-state index contributed by atoms with van der Waals surface area (Å²) in [7, 11) is 0. The summed E-state index contributed by atoms with van der Waals surface area (Å²) in [6.45, 7) is 3.16. The van der Waals surface area contributed by atoms with Gasteiger partial charge in [0.25, 0.3) is 11.1 Å². The molecule has 0 bridgehead atoms. The second kappa shape index (κ2) is 8.05. The number of rotatable bonds is 4. The van der Waals surface area contributed by atoms with Crippen LogP contribution >= 0.6 is 11.8 Å². The molecule has 5 nitrogen and oxygen atoms in total. The lowest BCUT2D eigenvalue weighted by Gasteiger charge is -2.24. The highest BCUT2D eigenvalue weighted by Crippen LogP contribution is 2.12. The summed E-state index contributed by atoms with van der Waals surface area (Å²) in [5.74, 6) is 0.551. The Morgan fingerprint density at radius 3 is 2.76 bits per heavy atom. The molecule has 1 fully saturated rings. The Bertz CT molecular complexity index is 475. The summed E-state index contributed by atoms with van der Waals surface area (Å²) in [6, 6.07) is 9.46. The monoisotopic (exact) mass is 307 g/mol. The van der Waals surface area contributed by atoms with Crippen molar-refractivity contribution in [1.29, 1.82) is 0 Å². The molecular weight excluding hydrogens is 286 g/mol. The summed E-state index contributed by atoms with van der Waals surface area (Å²) in [6.07, 6.45) is 1.81. The van der Waals surface area contributed by atoms with E-state index >= 15 is 0 Å². The normalized spacial score (nSPS) is 17.5. The van der Waals surface area contributed by atoms with Gasteiger partial charge in [-0.2, -0.15) is 0 Å². The zero-order valence-electron chi connectivity index (χ0n) is 12.2. The van der Waals surface area contributed by atoms with E-state index in [1.54, 1.807) is 0 Å². The average Bonchev–Trinajstić information content (AvgIpc) is 3.02. The minimum atomic E-state index is -0.192. The van der Waals surface area contributed by atoms with Crippen molar-refractivity contribution in [3.63, 3.8) is 0 Å². The van der Waals surface area contributed by atoms with Crippen molar-refractivity contribution in [2.45, 2.75) is 32.4 Å². The lowest BCUT2D eigenvalue weighted by molar-refractivity contribution is -0.126. The zero-order valence-corrected chi connectivity index (χ0v) is 13.0. The molecule has 2 rings (SSSR count). The predicted molar refractivity (Wildman–Crippen MR) is 84.7 cm³/mol. The molecule has 114 valence electrons. The van der Waals surface area contributed by atoms with E-state index in [1.165, 1.54) is 16.8 Å². The molecule has 0 spiro atoms. The Morgan fingerprint density at radius 1 is 1.38 bits per heavy atom. The van der Waals surface area contributed by atoms with Gasteiger partial charge in [0.1, 0.15) is 0 Å². The topological polar surface area (TPSA) is 61.4 Å². The molecule has 1 saturated heterocycles. The van der Waals surface area contributed by atoms with E-state index in [0.29, 0.717) is 12.3 Å². The van der Waals surface area contributed by atoms with Gasteiger partial charge in [-0.15, -0.1) is 0 Å². The molecule has 0 aliphatic carbocycles. The van der Waals surface area contributed by atoms with Gasteiger partial charge in [-0.3, -0.25) is 15.0 Å². The van der Waals surface area contributed by atoms with Crippen LogP contribution < -0.4 is 10.7 Å². The minimum Gasteiger partial charge on any atom is -0.306 e. The second-order valence-corrected chi connectivity index (χ2v) is 6.11. The molecule has 2 N–H and O–H groups in total. The van der Waals surface area contributed by atoms with Crippen molar-refractivity contribution in [3.05, 3.63) is 35.9 Å². The summed E-state index contributed by atoms with van der Waals surface area (Å²) in [5, 5.41) is 4.42. The fourth-order valence-corrected chi connectivity index (χ4v) is 2.75. The van der Waals surface area contributed by atoms with Crippen molar-refractivity contribution >= 4 is 22.9 Å². The van der Waals surface area contributed by atoms with Gasteiger partial charge in [0.05, 0.1) is 12.6 Å². The van der Waals surface area contributed by atoms with Gasteiger partial charge in [-0.05, 0) is 30.7 Å². The minimum absolute atomic E-state index is 0.131. The van der Waals surface area contributed by atoms with E-state index in [2.05, 4.69) is 10.7 Å². The van der Waals surface area contributed by atoms with Crippen molar-refractivity contribution < 1.29 is 9.59 Å². The molecular formula is C15H21N3O2S. The summed E-state index contributed by atoms with van der Waals surface area (Å²) in [5.41, 5.74) is 3.74. The smallest absolute Gasteiger partial charge is 0.300 e. The Hall–Kier alpha value is -1.53. The van der Waals surface area contributed by atoms with E-state index in [4.69, 9.17) is 0 Å². The van der Waals surface area contributed by atoms with Gasteiger partial charge in [0.2, 0.25) is 0 Å². The van der Waals surface area contributed by atoms with Crippen LogP contribution in [-0.4, -0.2) is 34.5 Å². The van der Waals surface area contributed by atoms with Crippen LogP contribution in [-0.2, 0) is 11.3 Å². The third-order valence-electron chi connectivity index (χ3n) is 3.29. The van der Waals surface area contributed by atoms with E-state index in [-0.39, 0.29) is 17.2 Å². The number of carbonyl (C=O) groups excluding carboxylic acids is 2. The molecule has 21 heavy (non-hydrogen) atoms. The Morgan fingerprint density at radius 2 is 2.14 bits per heavy atom. The van der Waals surface area contributed by atoms with E-state index in [9.17, 15) is 9.59 Å². The highest BCUT2D eigenvalue weighted by molar-refractivity contribution is 8.13. The molecule has 0 aromatic heterocycles. The maximum Gasteiger partial charge on any atom is 0.300 e. The van der Waals surface area contributed by atoms with Gasteiger partial charge >= 0.3 is 0 Å². The first-order chi connectivity index (χ1) is 10.2. The number of amides is 2. The molecule has 2 amide bonds. The third kappa shape index (κ3) is 4.75. The lowest BCUT2D eigenvalue weighted by atomic mass is 10.2. The summed E-state index contributed by atoms with van der Waals surface area (Å²) in [4.78, 5) is 24.3. The highest BCUT2D eigenvalue weighted by atomic mass is 32.2. The fourth-order valence-electron chi connectivity index (χ4n) is 2.24. The Labute approximate surface area is 129 Å². The first kappa shape index (κ1) is 15.9. The Balaban J connectivity index is 2.01. The number of hydrogen-bond donors (Lipinski definition) is 2. The maximum absolute atomic E-state index is 12.2. The van der Waals surface area contributed by atoms with Crippen molar-refractivity contribution in [1.82, 2.24) is 15.8 Å². The van der Waals surface area contributed by atoms with Crippen LogP contribution in [0.15, 0.2) is 30.3 Å². The molecule has 1 atom stereocenters. The van der Waals surface area contributed by atoms with Crippen molar-refractivity contribution in [2.75, 3.05) is 12.3 Å². The van der Waals surface area contributed by atoms with Crippen LogP contribution in [0, 0.1) is 0 Å². The van der Waals surface area contributed by atoms with Gasteiger partial charge in [-0.25, -0.2) is 5.01 Å². The van der Waals surface area contributed by atoms with Crippen LogP contribution in [0.3, 0.4) is 0 Å². The predicted octanol–water partition coefficient (Wildman–Crippen LogP) is 2.14. The van der Waals surface area contributed by atoms with E-state index in [1.807, 2.05) is 37.3 Å². The average molecular weight is 307 g/mol. The van der Waals surface area contributed by atoms with Crippen LogP contribution in [0.4, 0.5) is 4.79 Å².